The molecule has 3 aromatic rings. The van der Waals surface area contributed by atoms with E-state index in [4.69, 9.17) is 14.1 Å². The summed E-state index contributed by atoms with van der Waals surface area (Å²) in [6, 6.07) is 4.08. The lowest BCUT2D eigenvalue weighted by atomic mass is 10.0. The number of fused-ring (bicyclic) bond motifs is 1. The van der Waals surface area contributed by atoms with Crippen molar-refractivity contribution < 1.29 is 9.16 Å². The Balaban J connectivity index is 1.58. The van der Waals surface area contributed by atoms with Gasteiger partial charge in [-0.05, 0) is 68.4 Å². The first-order valence-corrected chi connectivity index (χ1v) is 16.9. The van der Waals surface area contributed by atoms with E-state index in [-0.39, 0.29) is 16.6 Å². The monoisotopic (exact) mass is 549 g/mol. The van der Waals surface area contributed by atoms with Crippen molar-refractivity contribution >= 4 is 36.9 Å². The Kier molecular flexibility index (Phi) is 8.61. The molecule has 3 heterocycles. The molecule has 0 saturated heterocycles. The van der Waals surface area contributed by atoms with Crippen molar-refractivity contribution in [2.45, 2.75) is 90.9 Å². The predicted octanol–water partition coefficient (Wildman–Crippen LogP) is 6.93. The van der Waals surface area contributed by atoms with Crippen molar-refractivity contribution in [1.29, 1.82) is 0 Å². The van der Waals surface area contributed by atoms with Crippen molar-refractivity contribution in [2.75, 3.05) is 18.5 Å². The van der Waals surface area contributed by atoms with Crippen LogP contribution in [0.1, 0.15) is 76.1 Å². The molecule has 0 bridgehead atoms. The molecule has 0 radical (unpaired) electrons. The number of hydrogen-bond donors (Lipinski definition) is 1. The Labute approximate surface area is 233 Å². The zero-order valence-corrected chi connectivity index (χ0v) is 25.6. The third kappa shape index (κ3) is 6.25. The molecule has 4 rings (SSSR count). The van der Waals surface area contributed by atoms with Crippen LogP contribution in [0, 0.1) is 6.92 Å². The molecule has 1 fully saturated rings. The van der Waals surface area contributed by atoms with Crippen molar-refractivity contribution in [3.8, 4) is 0 Å². The number of nitrogens with one attached hydrogen (secondary N) is 1. The van der Waals surface area contributed by atoms with Gasteiger partial charge in [-0.15, -0.1) is 0 Å². The number of rotatable bonds is 10. The lowest BCUT2D eigenvalue weighted by Gasteiger charge is -2.36. The van der Waals surface area contributed by atoms with Crippen molar-refractivity contribution in [3.05, 3.63) is 58.1 Å². The number of ether oxygens (including phenoxy) is 1. The average Bonchev–Trinajstić information content (AvgIpc) is 3.39. The number of aromatic nitrogens is 4. The van der Waals surface area contributed by atoms with Crippen LogP contribution in [0.3, 0.4) is 0 Å². The van der Waals surface area contributed by atoms with Gasteiger partial charge >= 0.3 is 0 Å². The van der Waals surface area contributed by atoms with E-state index in [0.717, 1.165) is 48.6 Å². The van der Waals surface area contributed by atoms with Gasteiger partial charge in [0.05, 0.1) is 12.2 Å². The normalized spacial score (nSPS) is 14.6. The van der Waals surface area contributed by atoms with Crippen LogP contribution >= 0.6 is 0 Å². The van der Waals surface area contributed by atoms with Gasteiger partial charge in [0.25, 0.3) is 5.56 Å². The Morgan fingerprint density at radius 2 is 1.90 bits per heavy atom. The fraction of sp³-hybridized carbons (Fsp3) is 0.533. The maximum Gasteiger partial charge on any atom is 0.263 e. The highest BCUT2D eigenvalue weighted by Crippen LogP contribution is 2.36. The molecular weight excluding hydrogens is 506 g/mol. The maximum atomic E-state index is 13.7. The molecule has 1 aliphatic carbocycles. The lowest BCUT2D eigenvalue weighted by molar-refractivity contribution is 0.292. The molecule has 1 saturated carbocycles. The Morgan fingerprint density at radius 3 is 2.51 bits per heavy atom. The number of hydrogen-bond acceptors (Lipinski definition) is 7. The number of aryl methyl sites for hydroxylation is 1. The Morgan fingerprint density at radius 1 is 1.18 bits per heavy atom. The molecule has 9 heteroatoms. The second-order valence-electron chi connectivity index (χ2n) is 11.9. The summed E-state index contributed by atoms with van der Waals surface area (Å²) in [7, 11) is -1.77. The minimum absolute atomic E-state index is 0.0995. The molecule has 0 aromatic carbocycles. The van der Waals surface area contributed by atoms with Gasteiger partial charge in [0.1, 0.15) is 17.2 Å². The molecule has 0 amide bonds. The van der Waals surface area contributed by atoms with Gasteiger partial charge in [-0.3, -0.25) is 9.36 Å². The van der Waals surface area contributed by atoms with Gasteiger partial charge in [0.2, 0.25) is 5.95 Å². The first-order chi connectivity index (χ1) is 18.4. The van der Waals surface area contributed by atoms with Gasteiger partial charge in [0.15, 0.2) is 8.32 Å². The lowest BCUT2D eigenvalue weighted by Crippen LogP contribution is -2.41. The van der Waals surface area contributed by atoms with E-state index in [0.29, 0.717) is 41.9 Å². The van der Waals surface area contributed by atoms with Crippen LogP contribution in [0.5, 0.6) is 0 Å². The van der Waals surface area contributed by atoms with E-state index in [9.17, 15) is 4.79 Å². The summed E-state index contributed by atoms with van der Waals surface area (Å²) in [5, 5.41) is 4.24. The largest absolute Gasteiger partial charge is 0.494 e. The second kappa shape index (κ2) is 11.6. The smallest absolute Gasteiger partial charge is 0.263 e. The second-order valence-corrected chi connectivity index (χ2v) is 16.7. The highest BCUT2D eigenvalue weighted by atomic mass is 28.4. The van der Waals surface area contributed by atoms with Crippen molar-refractivity contribution in [2.24, 2.45) is 0 Å². The van der Waals surface area contributed by atoms with Crippen molar-refractivity contribution in [3.63, 3.8) is 0 Å². The molecule has 1 N–H and O–H groups in total. The molecule has 39 heavy (non-hydrogen) atoms. The summed E-state index contributed by atoms with van der Waals surface area (Å²) in [4.78, 5) is 27.7. The van der Waals surface area contributed by atoms with Gasteiger partial charge in [-0.2, -0.15) is 4.98 Å². The molecular formula is C30H43N5O3Si. The first-order valence-electron chi connectivity index (χ1n) is 14.0. The first kappa shape index (κ1) is 29.0. The third-order valence-electron chi connectivity index (χ3n) is 8.22. The topological polar surface area (TPSA) is 91.2 Å². The summed E-state index contributed by atoms with van der Waals surface area (Å²) >= 11 is 0. The number of pyridine rings is 2. The summed E-state index contributed by atoms with van der Waals surface area (Å²) in [6.07, 6.45) is 8.56. The van der Waals surface area contributed by atoms with E-state index in [1.54, 1.807) is 6.20 Å². The van der Waals surface area contributed by atoms with Crippen LogP contribution in [-0.4, -0.2) is 41.1 Å². The van der Waals surface area contributed by atoms with E-state index in [2.05, 4.69) is 61.8 Å². The van der Waals surface area contributed by atoms with E-state index in [1.165, 1.54) is 0 Å². The number of anilines is 2. The molecule has 0 atom stereocenters. The van der Waals surface area contributed by atoms with Crippen LogP contribution < -0.4 is 10.9 Å². The fourth-order valence-electron chi connectivity index (χ4n) is 4.87. The molecule has 210 valence electrons. The van der Waals surface area contributed by atoms with Gasteiger partial charge < -0.3 is 14.5 Å². The minimum Gasteiger partial charge on any atom is -0.494 e. The minimum atomic E-state index is -1.77. The van der Waals surface area contributed by atoms with Crippen LogP contribution in [0.25, 0.3) is 16.8 Å². The van der Waals surface area contributed by atoms with E-state index < -0.39 is 8.32 Å². The van der Waals surface area contributed by atoms with Crippen LogP contribution in [0.4, 0.5) is 11.8 Å². The van der Waals surface area contributed by atoms with E-state index in [1.807, 2.05) is 30.7 Å². The summed E-state index contributed by atoms with van der Waals surface area (Å²) in [6.45, 7) is 20.3. The average molecular weight is 550 g/mol. The number of nitrogens with zero attached hydrogens (tertiary/aromatic N) is 4. The standard InChI is InChI=1S/C30H43N5O3Si/c1-9-37-21(3)26-20(2)24-19-32-29(34-27(24)35(28(26)36)23-12-10-11-13-23)33-25-15-14-22(18-31-25)16-17-38-39(7,8)30(4,5)6/h14-15,18-19,23H,3,9-13,16-17H2,1-2,4-8H3,(H,31,32,33,34). The van der Waals surface area contributed by atoms with E-state index >= 15 is 0 Å². The van der Waals surface area contributed by atoms with Gasteiger partial charge in [0, 0.05) is 30.4 Å². The molecule has 0 aliphatic heterocycles. The highest BCUT2D eigenvalue weighted by molar-refractivity contribution is 6.74. The molecule has 0 spiro atoms. The van der Waals surface area contributed by atoms with Gasteiger partial charge in [-0.1, -0.05) is 46.3 Å². The highest BCUT2D eigenvalue weighted by Gasteiger charge is 2.36. The van der Waals surface area contributed by atoms with Gasteiger partial charge in [-0.25, -0.2) is 9.97 Å². The Hall–Kier alpha value is -3.04. The molecule has 0 unspecified atom stereocenters. The van der Waals surface area contributed by atoms with Crippen molar-refractivity contribution in [1.82, 2.24) is 19.5 Å². The summed E-state index contributed by atoms with van der Waals surface area (Å²) in [5.74, 6) is 1.46. The van der Waals surface area contributed by atoms with Crippen LogP contribution in [0.15, 0.2) is 35.9 Å². The zero-order chi connectivity index (χ0) is 28.4. The maximum absolute atomic E-state index is 13.7. The van der Waals surface area contributed by atoms with Crippen LogP contribution in [-0.2, 0) is 15.6 Å². The quantitative estimate of drug-likeness (QED) is 0.217. The SMILES string of the molecule is C=C(OCC)c1c(C)c2cnc(Nc3ccc(CCO[Si](C)(C)C(C)(C)C)cn3)nc2n(C2CCCC2)c1=O. The third-order valence-corrected chi connectivity index (χ3v) is 12.8. The fourth-order valence-corrected chi connectivity index (χ4v) is 5.92. The molecule has 3 aromatic heterocycles. The Bertz CT molecular complexity index is 1390. The summed E-state index contributed by atoms with van der Waals surface area (Å²) in [5.41, 5.74) is 2.95. The molecule has 8 nitrogen and oxygen atoms in total. The van der Waals surface area contributed by atoms with Crippen LogP contribution in [0.2, 0.25) is 18.1 Å². The predicted molar refractivity (Wildman–Crippen MR) is 161 cm³/mol. The zero-order valence-electron chi connectivity index (χ0n) is 24.6. The molecule has 1 aliphatic rings. The summed E-state index contributed by atoms with van der Waals surface area (Å²) < 4.78 is 13.8.